The van der Waals surface area contributed by atoms with E-state index in [0.29, 0.717) is 17.5 Å². The van der Waals surface area contributed by atoms with Crippen LogP contribution < -0.4 is 16.6 Å². The van der Waals surface area contributed by atoms with E-state index < -0.39 is 0 Å². The van der Waals surface area contributed by atoms with E-state index in [1.807, 2.05) is 48.0 Å². The van der Waals surface area contributed by atoms with Gasteiger partial charge in [-0.3, -0.25) is 15.1 Å². The molecule has 0 aliphatic carbocycles. The number of nitrogens with one attached hydrogen (secondary N) is 3. The quantitative estimate of drug-likeness (QED) is 0.378. The lowest BCUT2D eigenvalue weighted by Crippen LogP contribution is -2.10. The molecule has 0 radical (unpaired) electrons. The van der Waals surface area contributed by atoms with Gasteiger partial charge in [-0.1, -0.05) is 30.3 Å². The normalized spacial score (nSPS) is 11.3. The number of fused-ring (bicyclic) bond motifs is 2. The van der Waals surface area contributed by atoms with Gasteiger partial charge >= 0.3 is 0 Å². The number of imidazole rings is 2. The molecule has 0 atom stereocenters. The summed E-state index contributed by atoms with van der Waals surface area (Å²) in [5, 5.41) is 3.07. The molecule has 0 amide bonds. The molecule has 0 bridgehead atoms. The summed E-state index contributed by atoms with van der Waals surface area (Å²) in [7, 11) is 1.87. The van der Waals surface area contributed by atoms with Crippen molar-refractivity contribution in [2.75, 3.05) is 11.1 Å². The topological polar surface area (TPSA) is 143 Å². The highest BCUT2D eigenvalue weighted by Gasteiger charge is 2.14. The van der Waals surface area contributed by atoms with Crippen LogP contribution in [0.3, 0.4) is 0 Å². The van der Waals surface area contributed by atoms with Crippen LogP contribution in [0.5, 0.6) is 0 Å². The van der Waals surface area contributed by atoms with E-state index in [-0.39, 0.29) is 22.7 Å². The number of pyridine rings is 1. The number of nitrogen functional groups attached to an aromatic ring is 1. The first-order valence-electron chi connectivity index (χ1n) is 8.49. The van der Waals surface area contributed by atoms with Gasteiger partial charge in [0.25, 0.3) is 5.56 Å². The van der Waals surface area contributed by atoms with Gasteiger partial charge in [-0.2, -0.15) is 15.0 Å². The van der Waals surface area contributed by atoms with Gasteiger partial charge in [-0.15, -0.1) is 0 Å². The zero-order valence-corrected chi connectivity index (χ0v) is 14.8. The molecule has 0 saturated heterocycles. The van der Waals surface area contributed by atoms with Crippen LogP contribution in [0.25, 0.3) is 33.5 Å². The average Bonchev–Trinajstić information content (AvgIpc) is 3.23. The third kappa shape index (κ3) is 2.55. The maximum atomic E-state index is 11.9. The first-order chi connectivity index (χ1) is 13.6. The molecule has 4 heterocycles. The molecule has 28 heavy (non-hydrogen) atoms. The zero-order chi connectivity index (χ0) is 19.3. The Labute approximate surface area is 157 Å². The summed E-state index contributed by atoms with van der Waals surface area (Å²) in [5.74, 6) is 0.868. The number of aromatic amines is 2. The van der Waals surface area contributed by atoms with Gasteiger partial charge < -0.3 is 15.3 Å². The van der Waals surface area contributed by atoms with Crippen LogP contribution in [-0.4, -0.2) is 34.5 Å². The second kappa shape index (κ2) is 5.91. The molecule has 0 saturated carbocycles. The fraction of sp³-hybridized carbons (Fsp3) is 0.0556. The number of nitrogens with two attached hydrogens (primary N) is 1. The van der Waals surface area contributed by atoms with Gasteiger partial charge in [0.15, 0.2) is 16.8 Å². The van der Waals surface area contributed by atoms with Crippen molar-refractivity contribution in [2.24, 2.45) is 7.05 Å². The van der Waals surface area contributed by atoms with E-state index in [9.17, 15) is 4.79 Å². The highest BCUT2D eigenvalue weighted by atomic mass is 16.1. The van der Waals surface area contributed by atoms with Crippen LogP contribution in [0.2, 0.25) is 0 Å². The van der Waals surface area contributed by atoms with Crippen molar-refractivity contribution in [3.63, 3.8) is 0 Å². The smallest absolute Gasteiger partial charge is 0.278 e. The first kappa shape index (κ1) is 16.0. The second-order valence-corrected chi connectivity index (χ2v) is 6.29. The van der Waals surface area contributed by atoms with E-state index >= 15 is 0 Å². The highest BCUT2D eigenvalue weighted by Crippen LogP contribution is 2.25. The van der Waals surface area contributed by atoms with Gasteiger partial charge in [0.2, 0.25) is 17.8 Å². The Balaban J connectivity index is 1.55. The number of hydrogen-bond donors (Lipinski definition) is 4. The lowest BCUT2D eigenvalue weighted by molar-refractivity contribution is 0.953. The average molecular weight is 373 g/mol. The summed E-state index contributed by atoms with van der Waals surface area (Å²) in [6, 6.07) is 12.0. The third-order valence-corrected chi connectivity index (χ3v) is 4.46. The van der Waals surface area contributed by atoms with Crippen LogP contribution in [0.15, 0.2) is 47.4 Å². The lowest BCUT2D eigenvalue weighted by Gasteiger charge is -2.03. The van der Waals surface area contributed by atoms with Crippen LogP contribution in [0, 0.1) is 0 Å². The van der Waals surface area contributed by atoms with Gasteiger partial charge in [0.05, 0.1) is 5.52 Å². The molecule has 5 rings (SSSR count). The minimum absolute atomic E-state index is 0.0101. The number of aryl methyl sites for hydroxylation is 1. The molecule has 10 heteroatoms. The summed E-state index contributed by atoms with van der Waals surface area (Å²) in [5.41, 5.74) is 9.17. The number of H-pyrrole nitrogens is 2. The van der Waals surface area contributed by atoms with Gasteiger partial charge in [0, 0.05) is 18.8 Å². The SMILES string of the molecule is Cn1c(Nc2nc3nc(N)[nH]c(=O)c3[nH]2)nc2ncc(-c3ccccc3)cc21. The molecular weight excluding hydrogens is 358 g/mol. The van der Waals surface area contributed by atoms with E-state index in [0.717, 1.165) is 16.6 Å². The highest BCUT2D eigenvalue weighted by molar-refractivity contribution is 5.81. The van der Waals surface area contributed by atoms with E-state index in [1.165, 1.54) is 0 Å². The van der Waals surface area contributed by atoms with Gasteiger partial charge in [-0.25, -0.2) is 4.98 Å². The summed E-state index contributed by atoms with van der Waals surface area (Å²) >= 11 is 0. The standard InChI is InChI=1S/C18H15N9O/c1-27-11-7-10(9-5-3-2-4-6-9)8-20-13(11)24-18(27)26-17-21-12-14(23-17)22-16(19)25-15(12)28/h2-8H,1H3,(H5,19,20,21,22,23,24,25,26,28). The minimum atomic E-state index is -0.387. The first-order valence-corrected chi connectivity index (χ1v) is 8.49. The number of nitrogens with zero attached hydrogens (tertiary/aromatic N) is 5. The fourth-order valence-corrected chi connectivity index (χ4v) is 3.06. The summed E-state index contributed by atoms with van der Waals surface area (Å²) in [4.78, 5) is 34.5. The monoisotopic (exact) mass is 373 g/mol. The predicted molar refractivity (Wildman–Crippen MR) is 106 cm³/mol. The van der Waals surface area contributed by atoms with Gasteiger partial charge in [0.1, 0.15) is 0 Å². The van der Waals surface area contributed by atoms with Crippen LogP contribution in [0.4, 0.5) is 17.8 Å². The summed E-state index contributed by atoms with van der Waals surface area (Å²) in [6.07, 6.45) is 1.79. The van der Waals surface area contributed by atoms with Crippen molar-refractivity contribution in [3.05, 3.63) is 52.9 Å². The molecule has 0 spiro atoms. The molecule has 5 N–H and O–H groups in total. The van der Waals surface area contributed by atoms with E-state index in [4.69, 9.17) is 5.73 Å². The maximum Gasteiger partial charge on any atom is 0.278 e. The van der Waals surface area contributed by atoms with E-state index in [1.54, 1.807) is 6.20 Å². The fourth-order valence-electron chi connectivity index (χ4n) is 3.06. The molecule has 10 nitrogen and oxygen atoms in total. The molecule has 1 aromatic carbocycles. The number of benzene rings is 1. The second-order valence-electron chi connectivity index (χ2n) is 6.29. The maximum absolute atomic E-state index is 11.9. The lowest BCUT2D eigenvalue weighted by atomic mass is 10.1. The molecule has 0 fully saturated rings. The van der Waals surface area contributed by atoms with Gasteiger partial charge in [-0.05, 0) is 11.6 Å². The number of hydrogen-bond acceptors (Lipinski definition) is 7. The van der Waals surface area contributed by atoms with E-state index in [2.05, 4.69) is 35.2 Å². The Morgan fingerprint density at radius 2 is 1.86 bits per heavy atom. The van der Waals surface area contributed by atoms with Crippen LogP contribution in [-0.2, 0) is 7.05 Å². The number of anilines is 3. The zero-order valence-electron chi connectivity index (χ0n) is 14.8. The van der Waals surface area contributed by atoms with Crippen molar-refractivity contribution in [1.82, 2.24) is 34.5 Å². The molecule has 0 unspecified atom stereocenters. The Bertz CT molecular complexity index is 1380. The van der Waals surface area contributed by atoms with Crippen molar-refractivity contribution in [2.45, 2.75) is 0 Å². The molecule has 0 aliphatic rings. The van der Waals surface area contributed by atoms with Crippen molar-refractivity contribution >= 4 is 40.2 Å². The number of aromatic nitrogens is 7. The van der Waals surface area contributed by atoms with Crippen LogP contribution in [0.1, 0.15) is 0 Å². The summed E-state index contributed by atoms with van der Waals surface area (Å²) < 4.78 is 1.87. The van der Waals surface area contributed by atoms with Crippen molar-refractivity contribution in [3.8, 4) is 11.1 Å². The molecular formula is C18H15N9O. The Morgan fingerprint density at radius 1 is 1.04 bits per heavy atom. The molecule has 4 aromatic heterocycles. The Morgan fingerprint density at radius 3 is 2.68 bits per heavy atom. The molecule has 5 aromatic rings. The molecule has 0 aliphatic heterocycles. The number of rotatable bonds is 3. The molecule has 138 valence electrons. The Hall–Kier alpha value is -4.21. The van der Waals surface area contributed by atoms with Crippen LogP contribution >= 0.6 is 0 Å². The largest absolute Gasteiger partial charge is 0.369 e. The van der Waals surface area contributed by atoms with Crippen molar-refractivity contribution in [1.29, 1.82) is 0 Å². The predicted octanol–water partition coefficient (Wildman–Crippen LogP) is 1.92. The third-order valence-electron chi connectivity index (χ3n) is 4.46. The Kier molecular flexibility index (Phi) is 3.38. The summed E-state index contributed by atoms with van der Waals surface area (Å²) in [6.45, 7) is 0. The minimum Gasteiger partial charge on any atom is -0.369 e. The van der Waals surface area contributed by atoms with Crippen molar-refractivity contribution < 1.29 is 0 Å².